The molecule has 0 aliphatic carbocycles. The van der Waals surface area contributed by atoms with E-state index in [0.717, 1.165) is 19.6 Å². The van der Waals surface area contributed by atoms with Crippen molar-refractivity contribution < 1.29 is 4.74 Å². The third-order valence-electron chi connectivity index (χ3n) is 5.58. The minimum atomic E-state index is 0.844. The number of benzene rings is 5. The Morgan fingerprint density at radius 1 is 0.517 bits per heavy atom. The molecule has 0 heterocycles. The Morgan fingerprint density at radius 2 is 1.07 bits per heavy atom. The molecule has 29 heavy (non-hydrogen) atoms. The van der Waals surface area contributed by atoms with Crippen LogP contribution in [0, 0.1) is 0 Å². The van der Waals surface area contributed by atoms with Gasteiger partial charge in [0.15, 0.2) is 0 Å². The van der Waals surface area contributed by atoms with Crippen LogP contribution in [0.3, 0.4) is 0 Å². The Labute approximate surface area is 172 Å². The van der Waals surface area contributed by atoms with Crippen LogP contribution in [0.15, 0.2) is 78.9 Å². The standard InChI is InChI=1S/C24H18.C4H10O/c1-2-16-8-5-9-19-13-21-11-10-20-12-17-6-3-4-7-18(17)14-23(20)24(21)15-22(16)19;1-3-5-4-2/h3-15H,2H2,1H3;3-4H2,1-2H3. The molecule has 0 unspecified atom stereocenters. The summed E-state index contributed by atoms with van der Waals surface area (Å²) in [6.07, 6.45) is 1.07. The number of aryl methyl sites for hydroxylation is 1. The molecule has 0 saturated heterocycles. The van der Waals surface area contributed by atoms with Crippen LogP contribution in [0.4, 0.5) is 0 Å². The van der Waals surface area contributed by atoms with Gasteiger partial charge in [-0.3, -0.25) is 0 Å². The largest absolute Gasteiger partial charge is 0.382 e. The molecule has 0 amide bonds. The van der Waals surface area contributed by atoms with Crippen molar-refractivity contribution in [2.45, 2.75) is 27.2 Å². The quantitative estimate of drug-likeness (QED) is 0.228. The van der Waals surface area contributed by atoms with Gasteiger partial charge in [-0.25, -0.2) is 0 Å². The second kappa shape index (κ2) is 8.63. The topological polar surface area (TPSA) is 9.23 Å². The molecule has 0 saturated carbocycles. The van der Waals surface area contributed by atoms with E-state index in [-0.39, 0.29) is 0 Å². The van der Waals surface area contributed by atoms with Gasteiger partial charge in [0.25, 0.3) is 0 Å². The fourth-order valence-electron chi connectivity index (χ4n) is 4.10. The van der Waals surface area contributed by atoms with E-state index >= 15 is 0 Å². The molecule has 5 rings (SSSR count). The normalized spacial score (nSPS) is 11.1. The van der Waals surface area contributed by atoms with E-state index in [1.807, 2.05) is 13.8 Å². The highest BCUT2D eigenvalue weighted by molar-refractivity contribution is 6.15. The smallest absolute Gasteiger partial charge is 0.0437 e. The van der Waals surface area contributed by atoms with Gasteiger partial charge in [-0.15, -0.1) is 0 Å². The van der Waals surface area contributed by atoms with Crippen molar-refractivity contribution in [3.8, 4) is 0 Å². The zero-order valence-electron chi connectivity index (χ0n) is 17.5. The summed E-state index contributed by atoms with van der Waals surface area (Å²) in [6, 6.07) is 29.1. The molecule has 0 spiro atoms. The van der Waals surface area contributed by atoms with Gasteiger partial charge in [-0.05, 0) is 93.2 Å². The Bertz CT molecular complexity index is 1280. The van der Waals surface area contributed by atoms with E-state index in [1.54, 1.807) is 0 Å². The number of ether oxygens (including phenoxy) is 1. The van der Waals surface area contributed by atoms with Gasteiger partial charge in [0, 0.05) is 13.2 Å². The van der Waals surface area contributed by atoms with E-state index in [4.69, 9.17) is 4.74 Å². The summed E-state index contributed by atoms with van der Waals surface area (Å²) in [5.74, 6) is 0. The molecule has 0 aliphatic rings. The Hall–Kier alpha value is -2.90. The SMILES string of the molecule is CCOCC.CCc1cccc2cc3ccc4cc5ccccc5cc4c3cc12. The van der Waals surface area contributed by atoms with E-state index < -0.39 is 0 Å². The van der Waals surface area contributed by atoms with Gasteiger partial charge in [0.05, 0.1) is 0 Å². The summed E-state index contributed by atoms with van der Waals surface area (Å²) in [4.78, 5) is 0. The van der Waals surface area contributed by atoms with E-state index in [9.17, 15) is 0 Å². The minimum absolute atomic E-state index is 0.844. The monoisotopic (exact) mass is 380 g/mol. The van der Waals surface area contributed by atoms with Crippen molar-refractivity contribution in [2.24, 2.45) is 0 Å². The predicted octanol–water partition coefficient (Wildman–Crippen LogP) is 7.90. The first-order valence-electron chi connectivity index (χ1n) is 10.6. The first kappa shape index (κ1) is 19.4. The number of hydrogen-bond acceptors (Lipinski definition) is 1. The van der Waals surface area contributed by atoms with Crippen molar-refractivity contribution in [3.05, 3.63) is 84.4 Å². The van der Waals surface area contributed by atoms with Crippen LogP contribution in [0.1, 0.15) is 26.3 Å². The molecule has 0 aromatic heterocycles. The minimum Gasteiger partial charge on any atom is -0.382 e. The van der Waals surface area contributed by atoms with E-state index in [2.05, 4.69) is 85.8 Å². The maximum absolute atomic E-state index is 4.83. The van der Waals surface area contributed by atoms with Crippen molar-refractivity contribution in [1.29, 1.82) is 0 Å². The van der Waals surface area contributed by atoms with Gasteiger partial charge in [-0.2, -0.15) is 0 Å². The molecule has 5 aromatic carbocycles. The maximum Gasteiger partial charge on any atom is 0.0437 e. The lowest BCUT2D eigenvalue weighted by molar-refractivity contribution is 0.162. The molecule has 1 heteroatoms. The molecule has 146 valence electrons. The average molecular weight is 381 g/mol. The molecule has 0 N–H and O–H groups in total. The number of rotatable bonds is 3. The highest BCUT2D eigenvalue weighted by Gasteiger charge is 2.06. The first-order valence-corrected chi connectivity index (χ1v) is 10.6. The van der Waals surface area contributed by atoms with Crippen molar-refractivity contribution in [2.75, 3.05) is 13.2 Å². The van der Waals surface area contributed by atoms with Crippen molar-refractivity contribution in [1.82, 2.24) is 0 Å². The van der Waals surface area contributed by atoms with Crippen LogP contribution in [0.5, 0.6) is 0 Å². The Balaban J connectivity index is 0.000000369. The summed E-state index contributed by atoms with van der Waals surface area (Å²) in [7, 11) is 0. The lowest BCUT2D eigenvalue weighted by Crippen LogP contribution is -1.85. The molecule has 0 aliphatic heterocycles. The first-order chi connectivity index (χ1) is 14.2. The molecule has 0 radical (unpaired) electrons. The van der Waals surface area contributed by atoms with Crippen LogP contribution in [-0.2, 0) is 11.2 Å². The molecular formula is C28H28O. The fourth-order valence-corrected chi connectivity index (χ4v) is 4.10. The molecule has 0 fully saturated rings. The Kier molecular flexibility index (Phi) is 5.78. The number of hydrogen-bond donors (Lipinski definition) is 0. The highest BCUT2D eigenvalue weighted by atomic mass is 16.5. The van der Waals surface area contributed by atoms with Crippen LogP contribution in [0.2, 0.25) is 0 Å². The Morgan fingerprint density at radius 3 is 1.69 bits per heavy atom. The molecule has 0 bridgehead atoms. The summed E-state index contributed by atoms with van der Waals surface area (Å²) in [6.45, 7) is 7.90. The summed E-state index contributed by atoms with van der Waals surface area (Å²) in [5.41, 5.74) is 1.42. The van der Waals surface area contributed by atoms with Crippen LogP contribution in [0.25, 0.3) is 43.1 Å². The van der Waals surface area contributed by atoms with Gasteiger partial charge >= 0.3 is 0 Å². The van der Waals surface area contributed by atoms with Gasteiger partial charge in [0.2, 0.25) is 0 Å². The van der Waals surface area contributed by atoms with E-state index in [0.29, 0.717) is 0 Å². The van der Waals surface area contributed by atoms with Crippen LogP contribution in [-0.4, -0.2) is 13.2 Å². The fraction of sp³-hybridized carbons (Fsp3) is 0.214. The van der Waals surface area contributed by atoms with E-state index in [1.165, 1.54) is 48.7 Å². The van der Waals surface area contributed by atoms with Gasteiger partial charge in [0.1, 0.15) is 0 Å². The van der Waals surface area contributed by atoms with Crippen molar-refractivity contribution >= 4 is 43.1 Å². The zero-order chi connectivity index (χ0) is 20.2. The third-order valence-corrected chi connectivity index (χ3v) is 5.58. The second-order valence-corrected chi connectivity index (χ2v) is 7.33. The molecule has 1 nitrogen and oxygen atoms in total. The molecule has 5 aromatic rings. The van der Waals surface area contributed by atoms with Gasteiger partial charge < -0.3 is 4.74 Å². The molecular weight excluding hydrogens is 352 g/mol. The summed E-state index contributed by atoms with van der Waals surface area (Å²) < 4.78 is 4.83. The van der Waals surface area contributed by atoms with Gasteiger partial charge in [-0.1, -0.05) is 61.5 Å². The lowest BCUT2D eigenvalue weighted by Gasteiger charge is -2.10. The third kappa shape index (κ3) is 3.83. The highest BCUT2D eigenvalue weighted by Crippen LogP contribution is 2.33. The summed E-state index contributed by atoms with van der Waals surface area (Å²) in [5, 5.41) is 10.7. The maximum atomic E-state index is 4.83. The van der Waals surface area contributed by atoms with Crippen LogP contribution < -0.4 is 0 Å². The lowest BCUT2D eigenvalue weighted by atomic mass is 9.94. The second-order valence-electron chi connectivity index (χ2n) is 7.33. The predicted molar refractivity (Wildman–Crippen MR) is 128 cm³/mol. The average Bonchev–Trinajstić information content (AvgIpc) is 2.77. The zero-order valence-corrected chi connectivity index (χ0v) is 17.5. The summed E-state index contributed by atoms with van der Waals surface area (Å²) >= 11 is 0. The number of fused-ring (bicyclic) bond motifs is 5. The van der Waals surface area contributed by atoms with Crippen LogP contribution >= 0.6 is 0 Å². The van der Waals surface area contributed by atoms with Crippen molar-refractivity contribution in [3.63, 3.8) is 0 Å². The molecule has 0 atom stereocenters.